The van der Waals surface area contributed by atoms with Crippen LogP contribution in [0.1, 0.15) is 32.8 Å². The fraction of sp³-hybridized carbons (Fsp3) is 0.448. The molecule has 10 heteroatoms. The van der Waals surface area contributed by atoms with Crippen molar-refractivity contribution in [3.63, 3.8) is 0 Å². The molecule has 0 atom stereocenters. The van der Waals surface area contributed by atoms with Crippen LogP contribution in [0.25, 0.3) is 17.1 Å². The molecule has 0 radical (unpaired) electrons. The van der Waals surface area contributed by atoms with Gasteiger partial charge < -0.3 is 9.64 Å². The third-order valence-corrected chi connectivity index (χ3v) is 6.96. The van der Waals surface area contributed by atoms with Crippen LogP contribution >= 0.6 is 0 Å². The fourth-order valence-electron chi connectivity index (χ4n) is 4.79. The first kappa shape index (κ1) is 28.2. The molecule has 2 aromatic carbocycles. The highest BCUT2D eigenvalue weighted by Crippen LogP contribution is 2.25. The van der Waals surface area contributed by atoms with Crippen LogP contribution in [0.5, 0.6) is 5.75 Å². The molecule has 0 spiro atoms. The fourth-order valence-corrected chi connectivity index (χ4v) is 4.79. The number of halogens is 1. The number of piperazine rings is 1. The Balaban J connectivity index is 1.56. The van der Waals surface area contributed by atoms with E-state index < -0.39 is 11.5 Å². The first-order valence-corrected chi connectivity index (χ1v) is 13.3. The molecule has 2 heterocycles. The summed E-state index contributed by atoms with van der Waals surface area (Å²) in [5, 5.41) is 4.55. The third kappa shape index (κ3) is 6.81. The van der Waals surface area contributed by atoms with Gasteiger partial charge in [0, 0.05) is 51.6 Å². The molecule has 1 saturated heterocycles. The molecule has 0 aliphatic carbocycles. The Kier molecular flexibility index (Phi) is 8.96. The lowest BCUT2D eigenvalue weighted by molar-refractivity contribution is -0.130. The van der Waals surface area contributed by atoms with Gasteiger partial charge in [0.25, 0.3) is 0 Å². The second-order valence-corrected chi connectivity index (χ2v) is 10.4. The summed E-state index contributed by atoms with van der Waals surface area (Å²) in [5.41, 5.74) is 1.73. The molecule has 1 aliphatic rings. The first-order chi connectivity index (χ1) is 18.7. The topological polar surface area (TPSA) is 89.7 Å². The minimum absolute atomic E-state index is 0.0293. The van der Waals surface area contributed by atoms with Gasteiger partial charge in [0.1, 0.15) is 0 Å². The zero-order chi connectivity index (χ0) is 28.1. The average molecular weight is 538 g/mol. The molecule has 0 saturated carbocycles. The highest BCUT2D eigenvalue weighted by Gasteiger charge is 2.21. The van der Waals surface area contributed by atoms with Gasteiger partial charge in [-0.05, 0) is 48.2 Å². The number of Topliss-reactive ketones (excluding diaryl/α,β-unsaturated/α-hetero) is 1. The van der Waals surface area contributed by atoms with E-state index in [0.29, 0.717) is 17.7 Å². The molecule has 4 rings (SSSR count). The summed E-state index contributed by atoms with van der Waals surface area (Å²) in [6, 6.07) is 11.9. The van der Waals surface area contributed by atoms with E-state index in [1.54, 1.807) is 6.92 Å². The molecule has 1 fully saturated rings. The summed E-state index contributed by atoms with van der Waals surface area (Å²) in [7, 11) is 1.37. The van der Waals surface area contributed by atoms with Crippen molar-refractivity contribution >= 4 is 11.7 Å². The summed E-state index contributed by atoms with van der Waals surface area (Å²) >= 11 is 0. The minimum Gasteiger partial charge on any atom is -0.494 e. The Hall–Kier alpha value is -3.79. The third-order valence-electron chi connectivity index (χ3n) is 6.96. The number of ketones is 1. The maximum absolute atomic E-state index is 14.1. The summed E-state index contributed by atoms with van der Waals surface area (Å²) in [4.78, 5) is 41.9. The predicted octanol–water partition coefficient (Wildman–Crippen LogP) is 3.17. The molecule has 1 aliphatic heterocycles. The zero-order valence-corrected chi connectivity index (χ0v) is 23.0. The first-order valence-electron chi connectivity index (χ1n) is 13.3. The van der Waals surface area contributed by atoms with Gasteiger partial charge in [-0.3, -0.25) is 19.1 Å². The number of hydrogen-bond donors (Lipinski definition) is 0. The highest BCUT2D eigenvalue weighted by molar-refractivity contribution is 5.79. The Morgan fingerprint density at radius 1 is 1.05 bits per heavy atom. The number of rotatable bonds is 10. The highest BCUT2D eigenvalue weighted by atomic mass is 19.1. The van der Waals surface area contributed by atoms with Gasteiger partial charge in [-0.2, -0.15) is 4.68 Å². The van der Waals surface area contributed by atoms with Gasteiger partial charge in [0.2, 0.25) is 5.91 Å². The largest absolute Gasteiger partial charge is 0.494 e. The van der Waals surface area contributed by atoms with Crippen molar-refractivity contribution in [2.45, 2.75) is 40.2 Å². The van der Waals surface area contributed by atoms with Crippen LogP contribution in [-0.2, 0) is 22.6 Å². The lowest BCUT2D eigenvalue weighted by Crippen LogP contribution is -2.48. The number of carbonyl (C=O) groups is 2. The Morgan fingerprint density at radius 3 is 2.36 bits per heavy atom. The monoisotopic (exact) mass is 537 g/mol. The van der Waals surface area contributed by atoms with E-state index in [1.807, 2.05) is 43.0 Å². The van der Waals surface area contributed by atoms with Crippen molar-refractivity contribution in [3.05, 3.63) is 64.3 Å². The number of nitrogens with zero attached hydrogens (tertiary/aromatic N) is 5. The van der Waals surface area contributed by atoms with Crippen LogP contribution in [0.2, 0.25) is 0 Å². The molecule has 1 aromatic heterocycles. The van der Waals surface area contributed by atoms with Crippen LogP contribution in [0.3, 0.4) is 0 Å². The van der Waals surface area contributed by atoms with E-state index in [2.05, 4.69) is 10.00 Å². The maximum atomic E-state index is 14.1. The Bertz CT molecular complexity index is 1370. The molecule has 0 N–H and O–H groups in total. The molecular formula is C29H36FN5O4. The van der Waals surface area contributed by atoms with Crippen molar-refractivity contribution in [3.8, 4) is 22.8 Å². The van der Waals surface area contributed by atoms with E-state index >= 15 is 0 Å². The minimum atomic E-state index is -0.526. The van der Waals surface area contributed by atoms with Crippen molar-refractivity contribution in [2.75, 3.05) is 39.8 Å². The van der Waals surface area contributed by atoms with E-state index in [0.717, 1.165) is 44.7 Å². The van der Waals surface area contributed by atoms with Gasteiger partial charge in [0.15, 0.2) is 23.2 Å². The van der Waals surface area contributed by atoms with Gasteiger partial charge in [0.05, 0.1) is 19.3 Å². The lowest BCUT2D eigenvalue weighted by atomic mass is 10.1. The van der Waals surface area contributed by atoms with Crippen molar-refractivity contribution in [1.29, 1.82) is 0 Å². The second-order valence-electron chi connectivity index (χ2n) is 10.4. The number of carbonyl (C=O) groups excluding carboxylic acids is 2. The number of benzene rings is 2. The molecule has 1 amide bonds. The number of amides is 1. The predicted molar refractivity (Wildman–Crippen MR) is 147 cm³/mol. The zero-order valence-electron chi connectivity index (χ0n) is 23.0. The molecule has 208 valence electrons. The normalized spacial score (nSPS) is 14.2. The molecule has 0 bridgehead atoms. The van der Waals surface area contributed by atoms with Crippen molar-refractivity contribution < 1.29 is 18.7 Å². The SMILES string of the molecule is COc1cc(-c2nn(-c3ccc(CCN4CCN(C(C)=O)CC4)cc3)c(=O)n2CC(=O)CC(C)C)ccc1F. The number of hydrogen-bond acceptors (Lipinski definition) is 6. The van der Waals surface area contributed by atoms with Crippen molar-refractivity contribution in [1.82, 2.24) is 24.1 Å². The summed E-state index contributed by atoms with van der Waals surface area (Å²) in [6.45, 7) is 9.48. The summed E-state index contributed by atoms with van der Waals surface area (Å²) < 4.78 is 21.8. The maximum Gasteiger partial charge on any atom is 0.351 e. The standard InChI is InChI=1S/C29H36FN5O4/c1-20(2)17-25(37)19-34-28(23-7-10-26(30)27(18-23)39-4)31-35(29(34)38)24-8-5-22(6-9-24)11-12-32-13-15-33(16-14-32)21(3)36/h5-10,18,20H,11-17,19H2,1-4H3. The molecular weight excluding hydrogens is 501 g/mol. The van der Waals surface area contributed by atoms with Crippen LogP contribution in [0.4, 0.5) is 4.39 Å². The second kappa shape index (κ2) is 12.4. The van der Waals surface area contributed by atoms with Crippen LogP contribution < -0.4 is 10.4 Å². The van der Waals surface area contributed by atoms with Gasteiger partial charge in [-0.15, -0.1) is 5.10 Å². The van der Waals surface area contributed by atoms with E-state index in [9.17, 15) is 18.8 Å². The smallest absolute Gasteiger partial charge is 0.351 e. The Morgan fingerprint density at radius 2 is 1.74 bits per heavy atom. The summed E-state index contributed by atoms with van der Waals surface area (Å²) in [6.07, 6.45) is 1.18. The van der Waals surface area contributed by atoms with Gasteiger partial charge >= 0.3 is 5.69 Å². The number of methoxy groups -OCH3 is 1. The quantitative estimate of drug-likeness (QED) is 0.395. The summed E-state index contributed by atoms with van der Waals surface area (Å²) in [5.74, 6) is -0.0360. The van der Waals surface area contributed by atoms with Crippen molar-refractivity contribution in [2.24, 2.45) is 5.92 Å². The van der Waals surface area contributed by atoms with Crippen LogP contribution in [0.15, 0.2) is 47.3 Å². The van der Waals surface area contributed by atoms with E-state index in [4.69, 9.17) is 4.74 Å². The Labute approximate surface area is 227 Å². The molecule has 9 nitrogen and oxygen atoms in total. The lowest BCUT2D eigenvalue weighted by Gasteiger charge is -2.34. The van der Waals surface area contributed by atoms with Crippen LogP contribution in [0, 0.1) is 11.7 Å². The number of ether oxygens (including phenoxy) is 1. The van der Waals surface area contributed by atoms with E-state index in [-0.39, 0.29) is 35.7 Å². The number of aromatic nitrogens is 3. The molecule has 39 heavy (non-hydrogen) atoms. The van der Waals surface area contributed by atoms with E-state index in [1.165, 1.54) is 34.6 Å². The average Bonchev–Trinajstić information content (AvgIpc) is 3.23. The van der Waals surface area contributed by atoms with Gasteiger partial charge in [-0.25, -0.2) is 9.18 Å². The van der Waals surface area contributed by atoms with Gasteiger partial charge in [-0.1, -0.05) is 26.0 Å². The molecule has 0 unspecified atom stereocenters. The van der Waals surface area contributed by atoms with Crippen LogP contribution in [-0.4, -0.2) is 75.7 Å². The molecule has 3 aromatic rings.